The number of hydrogen-bond donors (Lipinski definition) is 1. The number of phenols is 1. The molecule has 1 aromatic carbocycles. The summed E-state index contributed by atoms with van der Waals surface area (Å²) >= 11 is 0. The van der Waals surface area contributed by atoms with Gasteiger partial charge in [0.25, 0.3) is 0 Å². The molecule has 1 atom stereocenters. The van der Waals surface area contributed by atoms with E-state index in [0.29, 0.717) is 11.7 Å². The first-order chi connectivity index (χ1) is 8.61. The van der Waals surface area contributed by atoms with Gasteiger partial charge in [0.15, 0.2) is 0 Å². The minimum absolute atomic E-state index is 0.302. The highest BCUT2D eigenvalue weighted by Gasteiger charge is 1.98. The average molecular weight is 242 g/mol. The lowest BCUT2D eigenvalue weighted by atomic mass is 10.0. The van der Waals surface area contributed by atoms with E-state index in [4.69, 9.17) is 0 Å². The summed E-state index contributed by atoms with van der Waals surface area (Å²) in [5.74, 6) is 0.699. The summed E-state index contributed by atoms with van der Waals surface area (Å²) < 4.78 is 0. The molecule has 1 rings (SSSR count). The van der Waals surface area contributed by atoms with Crippen LogP contribution < -0.4 is 0 Å². The molecular formula is C17H22O. The van der Waals surface area contributed by atoms with Crippen molar-refractivity contribution in [3.63, 3.8) is 0 Å². The van der Waals surface area contributed by atoms with Crippen LogP contribution in [-0.2, 0) is 0 Å². The smallest absolute Gasteiger partial charge is 0.115 e. The van der Waals surface area contributed by atoms with Crippen molar-refractivity contribution >= 4 is 6.08 Å². The molecule has 0 aliphatic rings. The van der Waals surface area contributed by atoms with Crippen molar-refractivity contribution in [1.29, 1.82) is 0 Å². The molecule has 0 spiro atoms. The number of hydrogen-bond acceptors (Lipinski definition) is 1. The molecule has 0 aliphatic heterocycles. The highest BCUT2D eigenvalue weighted by Crippen LogP contribution is 2.15. The summed E-state index contributed by atoms with van der Waals surface area (Å²) in [7, 11) is 0. The summed E-state index contributed by atoms with van der Waals surface area (Å²) in [5.41, 5.74) is 2.46. The van der Waals surface area contributed by atoms with Crippen molar-refractivity contribution in [2.75, 3.05) is 0 Å². The standard InChI is InChI=1S/C17H22O/c1-4-15(7-5-6-14(2)3)8-9-16-10-12-17(18)13-11-16/h4,6,8-13,15,18H,1,5,7H2,2-3H3/b9-8+. The largest absolute Gasteiger partial charge is 0.508 e. The molecule has 18 heavy (non-hydrogen) atoms. The fourth-order valence-corrected chi connectivity index (χ4v) is 1.68. The molecule has 0 fully saturated rings. The third-order valence-electron chi connectivity index (χ3n) is 2.78. The fourth-order valence-electron chi connectivity index (χ4n) is 1.68. The molecule has 0 aromatic heterocycles. The highest BCUT2D eigenvalue weighted by atomic mass is 16.3. The fraction of sp³-hybridized carbons (Fsp3) is 0.294. The Bertz CT molecular complexity index is 419. The zero-order valence-electron chi connectivity index (χ0n) is 11.3. The van der Waals surface area contributed by atoms with Crippen LogP contribution in [0.2, 0.25) is 0 Å². The lowest BCUT2D eigenvalue weighted by Gasteiger charge is -2.05. The molecule has 1 aromatic rings. The van der Waals surface area contributed by atoms with Crippen LogP contribution in [0.5, 0.6) is 5.75 Å². The zero-order valence-corrected chi connectivity index (χ0v) is 11.3. The van der Waals surface area contributed by atoms with Crippen LogP contribution in [0.3, 0.4) is 0 Å². The Hall–Kier alpha value is -1.76. The number of rotatable bonds is 6. The van der Waals surface area contributed by atoms with E-state index in [1.54, 1.807) is 12.1 Å². The Kier molecular flexibility index (Phi) is 5.99. The maximum atomic E-state index is 9.20. The molecule has 0 radical (unpaired) electrons. The first kappa shape index (κ1) is 14.3. The normalized spacial score (nSPS) is 12.3. The Balaban J connectivity index is 2.54. The maximum absolute atomic E-state index is 9.20. The highest BCUT2D eigenvalue weighted by molar-refractivity contribution is 5.50. The van der Waals surface area contributed by atoms with Gasteiger partial charge in [-0.15, -0.1) is 6.58 Å². The first-order valence-electron chi connectivity index (χ1n) is 6.35. The number of benzene rings is 1. The molecule has 1 nitrogen and oxygen atoms in total. The first-order valence-corrected chi connectivity index (χ1v) is 6.35. The van der Waals surface area contributed by atoms with Crippen LogP contribution in [0.1, 0.15) is 32.3 Å². The molecule has 0 amide bonds. The number of aromatic hydroxyl groups is 1. The monoisotopic (exact) mass is 242 g/mol. The number of phenolic OH excluding ortho intramolecular Hbond substituents is 1. The molecule has 0 aliphatic carbocycles. The van der Waals surface area contributed by atoms with Crippen molar-refractivity contribution < 1.29 is 5.11 Å². The van der Waals surface area contributed by atoms with E-state index < -0.39 is 0 Å². The van der Waals surface area contributed by atoms with Gasteiger partial charge in [0.05, 0.1) is 0 Å². The van der Waals surface area contributed by atoms with Crippen LogP contribution >= 0.6 is 0 Å². The number of allylic oxidation sites excluding steroid dienone is 4. The molecular weight excluding hydrogens is 220 g/mol. The van der Waals surface area contributed by atoms with Gasteiger partial charge in [0.1, 0.15) is 5.75 Å². The predicted octanol–water partition coefficient (Wildman–Crippen LogP) is 4.95. The van der Waals surface area contributed by atoms with Crippen molar-refractivity contribution in [2.45, 2.75) is 26.7 Å². The summed E-state index contributed by atoms with van der Waals surface area (Å²) in [6.07, 6.45) is 10.6. The molecule has 96 valence electrons. The van der Waals surface area contributed by atoms with Crippen LogP contribution in [0, 0.1) is 5.92 Å². The van der Waals surface area contributed by atoms with Gasteiger partial charge in [0.2, 0.25) is 0 Å². The van der Waals surface area contributed by atoms with Gasteiger partial charge in [-0.3, -0.25) is 0 Å². The molecule has 0 saturated heterocycles. The average Bonchev–Trinajstić information content (AvgIpc) is 2.35. The van der Waals surface area contributed by atoms with Gasteiger partial charge in [-0.25, -0.2) is 0 Å². The molecule has 1 N–H and O–H groups in total. The second-order valence-corrected chi connectivity index (χ2v) is 4.71. The van der Waals surface area contributed by atoms with Crippen LogP contribution in [0.4, 0.5) is 0 Å². The lowest BCUT2D eigenvalue weighted by Crippen LogP contribution is -1.90. The minimum Gasteiger partial charge on any atom is -0.508 e. The molecule has 0 bridgehead atoms. The molecule has 0 saturated carbocycles. The van der Waals surface area contributed by atoms with E-state index in [1.807, 2.05) is 18.2 Å². The van der Waals surface area contributed by atoms with Crippen LogP contribution in [0.25, 0.3) is 6.08 Å². The Morgan fingerprint density at radius 2 is 1.94 bits per heavy atom. The van der Waals surface area contributed by atoms with Gasteiger partial charge >= 0.3 is 0 Å². The summed E-state index contributed by atoms with van der Waals surface area (Å²) in [6.45, 7) is 8.11. The van der Waals surface area contributed by atoms with Gasteiger partial charge in [-0.2, -0.15) is 0 Å². The second kappa shape index (κ2) is 7.54. The van der Waals surface area contributed by atoms with E-state index in [1.165, 1.54) is 5.57 Å². The zero-order chi connectivity index (χ0) is 13.4. The van der Waals surface area contributed by atoms with E-state index in [2.05, 4.69) is 38.7 Å². The lowest BCUT2D eigenvalue weighted by molar-refractivity contribution is 0.475. The second-order valence-electron chi connectivity index (χ2n) is 4.71. The van der Waals surface area contributed by atoms with Gasteiger partial charge < -0.3 is 5.11 Å². The van der Waals surface area contributed by atoms with Crippen LogP contribution in [0.15, 0.2) is 54.6 Å². The maximum Gasteiger partial charge on any atom is 0.115 e. The van der Waals surface area contributed by atoms with E-state index in [9.17, 15) is 5.11 Å². The quantitative estimate of drug-likeness (QED) is 0.699. The summed E-state index contributed by atoms with van der Waals surface area (Å²) in [4.78, 5) is 0. The summed E-state index contributed by atoms with van der Waals surface area (Å²) in [5, 5.41) is 9.20. The van der Waals surface area contributed by atoms with Crippen molar-refractivity contribution in [2.24, 2.45) is 5.92 Å². The van der Waals surface area contributed by atoms with E-state index >= 15 is 0 Å². The Morgan fingerprint density at radius 1 is 1.28 bits per heavy atom. The molecule has 1 unspecified atom stereocenters. The molecule has 0 heterocycles. The third kappa shape index (κ3) is 5.53. The SMILES string of the molecule is C=CC(/C=C/c1ccc(O)cc1)CCC=C(C)C. The predicted molar refractivity (Wildman–Crippen MR) is 79.5 cm³/mol. The van der Waals surface area contributed by atoms with Crippen molar-refractivity contribution in [3.05, 3.63) is 60.2 Å². The topological polar surface area (TPSA) is 20.2 Å². The summed E-state index contributed by atoms with van der Waals surface area (Å²) in [6, 6.07) is 7.21. The molecule has 1 heteroatoms. The van der Waals surface area contributed by atoms with Crippen molar-refractivity contribution in [3.8, 4) is 5.75 Å². The minimum atomic E-state index is 0.302. The third-order valence-corrected chi connectivity index (χ3v) is 2.78. The van der Waals surface area contributed by atoms with E-state index in [0.717, 1.165) is 18.4 Å². The van der Waals surface area contributed by atoms with Crippen molar-refractivity contribution in [1.82, 2.24) is 0 Å². The van der Waals surface area contributed by atoms with Crippen LogP contribution in [-0.4, -0.2) is 5.11 Å². The van der Waals surface area contributed by atoms with Gasteiger partial charge in [0, 0.05) is 0 Å². The Labute approximate surface area is 110 Å². The van der Waals surface area contributed by atoms with E-state index in [-0.39, 0.29) is 0 Å². The Morgan fingerprint density at radius 3 is 2.50 bits per heavy atom. The van der Waals surface area contributed by atoms with Gasteiger partial charge in [-0.05, 0) is 50.3 Å². The van der Waals surface area contributed by atoms with Gasteiger partial charge in [-0.1, -0.05) is 42.0 Å².